The lowest BCUT2D eigenvalue weighted by Crippen LogP contribution is -2.16. The summed E-state index contributed by atoms with van der Waals surface area (Å²) in [7, 11) is 0. The van der Waals surface area contributed by atoms with Gasteiger partial charge in [0.25, 0.3) is 0 Å². The average molecular weight is 961 g/mol. The molecule has 2 heterocycles. The maximum absolute atomic E-state index is 6.77. The highest BCUT2D eigenvalue weighted by molar-refractivity contribution is 6.13. The normalized spacial score (nSPS) is 12.8. The molecular weight excluding hydrogens is 913 g/mol. The minimum atomic E-state index is -0.297. The third kappa shape index (κ3) is 6.69. The minimum Gasteiger partial charge on any atom is -0.454 e. The highest BCUT2D eigenvalue weighted by Gasteiger charge is 2.38. The van der Waals surface area contributed by atoms with Gasteiger partial charge >= 0.3 is 0 Å². The third-order valence-corrected chi connectivity index (χ3v) is 15.8. The average Bonchev–Trinajstić information content (AvgIpc) is 4.12. The van der Waals surface area contributed by atoms with Gasteiger partial charge in [0.05, 0.1) is 22.7 Å². The topological polar surface area (TPSA) is 32.8 Å². The molecule has 354 valence electrons. The summed E-state index contributed by atoms with van der Waals surface area (Å²) in [6.07, 6.45) is 0. The zero-order chi connectivity index (χ0) is 49.8. The molecule has 4 nitrogen and oxygen atoms in total. The zero-order valence-corrected chi connectivity index (χ0v) is 41.5. The molecule has 4 heteroatoms. The molecule has 0 N–H and O–H groups in total. The Balaban J connectivity index is 0.879. The summed E-state index contributed by atoms with van der Waals surface area (Å²) in [5.74, 6) is 0. The van der Waals surface area contributed by atoms with Crippen LogP contribution in [-0.2, 0) is 5.41 Å². The smallest absolute Gasteiger partial charge is 0.159 e. The molecule has 0 saturated carbocycles. The van der Waals surface area contributed by atoms with Crippen LogP contribution < -0.4 is 9.80 Å². The standard InChI is InChI=1S/C71H48N2O2/c1-71(2)61-44-49-42-50(72(62-29-13-9-23-52(62)45-19-5-3-6-20-45)64-31-17-27-58-55-25-11-15-33-66(55)74-69(58)64)37-35-47(49)43-60(61)57-39-36-48-41-51(38-40-54(48)68(57)71)73(63-30-14-10-24-53(63)46-21-7-4-8-22-46)65-32-18-28-59-56-26-12-16-34-67(56)75-70(59)65/h3-44H,1-2H3. The molecule has 14 aromatic rings. The van der Waals surface area contributed by atoms with Gasteiger partial charge in [-0.2, -0.15) is 0 Å². The van der Waals surface area contributed by atoms with Gasteiger partial charge in [-0.05, 0) is 128 Å². The molecule has 0 saturated heterocycles. The second kappa shape index (κ2) is 16.7. The van der Waals surface area contributed by atoms with Crippen LogP contribution >= 0.6 is 0 Å². The van der Waals surface area contributed by atoms with Crippen LogP contribution in [-0.4, -0.2) is 0 Å². The van der Waals surface area contributed by atoms with Crippen molar-refractivity contribution in [2.45, 2.75) is 19.3 Å². The number of nitrogens with zero attached hydrogens (tertiary/aromatic N) is 2. The molecule has 1 aliphatic carbocycles. The van der Waals surface area contributed by atoms with E-state index in [1.807, 2.05) is 12.1 Å². The van der Waals surface area contributed by atoms with Crippen molar-refractivity contribution < 1.29 is 8.83 Å². The van der Waals surface area contributed by atoms with Gasteiger partial charge in [0.15, 0.2) is 11.2 Å². The summed E-state index contributed by atoms with van der Waals surface area (Å²) in [5, 5.41) is 9.22. The highest BCUT2D eigenvalue weighted by atomic mass is 16.3. The molecule has 75 heavy (non-hydrogen) atoms. The van der Waals surface area contributed by atoms with E-state index in [1.54, 1.807) is 0 Å². The number of anilines is 6. The third-order valence-electron chi connectivity index (χ3n) is 15.8. The van der Waals surface area contributed by atoms with E-state index in [9.17, 15) is 0 Å². The van der Waals surface area contributed by atoms with Gasteiger partial charge < -0.3 is 18.6 Å². The maximum Gasteiger partial charge on any atom is 0.159 e. The van der Waals surface area contributed by atoms with Gasteiger partial charge in [-0.25, -0.2) is 0 Å². The predicted octanol–water partition coefficient (Wildman–Crippen LogP) is 20.4. The van der Waals surface area contributed by atoms with Gasteiger partial charge in [-0.15, -0.1) is 0 Å². The number of hydrogen-bond donors (Lipinski definition) is 0. The van der Waals surface area contributed by atoms with E-state index in [1.165, 1.54) is 43.8 Å². The fourth-order valence-electron chi connectivity index (χ4n) is 12.3. The largest absolute Gasteiger partial charge is 0.454 e. The molecule has 0 radical (unpaired) electrons. The highest BCUT2D eigenvalue weighted by Crippen LogP contribution is 2.54. The van der Waals surface area contributed by atoms with Crippen molar-refractivity contribution in [1.29, 1.82) is 0 Å². The summed E-state index contributed by atoms with van der Waals surface area (Å²) in [6, 6.07) is 92.0. The lowest BCUT2D eigenvalue weighted by Gasteiger charge is -2.29. The van der Waals surface area contributed by atoms with Gasteiger partial charge in [-0.3, -0.25) is 0 Å². The van der Waals surface area contributed by atoms with Crippen LogP contribution in [0.2, 0.25) is 0 Å². The van der Waals surface area contributed by atoms with Gasteiger partial charge in [0.1, 0.15) is 11.2 Å². The van der Waals surface area contributed by atoms with Crippen LogP contribution in [0.25, 0.3) is 98.8 Å². The van der Waals surface area contributed by atoms with Gasteiger partial charge in [0, 0.05) is 49.5 Å². The molecule has 0 aliphatic heterocycles. The Morgan fingerprint density at radius 2 is 0.773 bits per heavy atom. The van der Waals surface area contributed by atoms with Gasteiger partial charge in [0.2, 0.25) is 0 Å². The van der Waals surface area contributed by atoms with E-state index < -0.39 is 0 Å². The number of benzene rings is 12. The number of fused-ring (bicyclic) bond motifs is 12. The molecule has 0 atom stereocenters. The molecule has 0 fully saturated rings. The first-order valence-corrected chi connectivity index (χ1v) is 25.8. The number of para-hydroxylation sites is 6. The summed E-state index contributed by atoms with van der Waals surface area (Å²) in [6.45, 7) is 4.80. The van der Waals surface area contributed by atoms with Crippen molar-refractivity contribution in [2.75, 3.05) is 9.80 Å². The first kappa shape index (κ1) is 43.0. The van der Waals surface area contributed by atoms with Crippen LogP contribution in [0.15, 0.2) is 264 Å². The van der Waals surface area contributed by atoms with E-state index in [2.05, 4.69) is 266 Å². The van der Waals surface area contributed by atoms with E-state index in [0.717, 1.165) is 100 Å². The number of furan rings is 2. The predicted molar refractivity (Wildman–Crippen MR) is 314 cm³/mol. The second-order valence-corrected chi connectivity index (χ2v) is 20.4. The molecule has 2 aromatic heterocycles. The number of rotatable bonds is 8. The maximum atomic E-state index is 6.77. The van der Waals surface area contributed by atoms with Crippen molar-refractivity contribution in [3.8, 4) is 33.4 Å². The minimum absolute atomic E-state index is 0.297. The molecule has 1 aliphatic rings. The lowest BCUT2D eigenvalue weighted by atomic mass is 9.79. The summed E-state index contributed by atoms with van der Waals surface area (Å²) in [5.41, 5.74) is 19.3. The fraction of sp³-hybridized carbons (Fsp3) is 0.0423. The fourth-order valence-corrected chi connectivity index (χ4v) is 12.3. The van der Waals surface area contributed by atoms with Crippen LogP contribution in [0.1, 0.15) is 25.0 Å². The molecular formula is C71H48N2O2. The van der Waals surface area contributed by atoms with Crippen molar-refractivity contribution in [1.82, 2.24) is 0 Å². The molecule has 0 unspecified atom stereocenters. The van der Waals surface area contributed by atoms with Crippen molar-refractivity contribution in [3.63, 3.8) is 0 Å². The van der Waals surface area contributed by atoms with E-state index >= 15 is 0 Å². The van der Waals surface area contributed by atoms with E-state index in [4.69, 9.17) is 8.83 Å². The molecule has 0 amide bonds. The van der Waals surface area contributed by atoms with Crippen LogP contribution in [0, 0.1) is 0 Å². The molecule has 12 aromatic carbocycles. The van der Waals surface area contributed by atoms with Crippen LogP contribution in [0.4, 0.5) is 34.1 Å². The van der Waals surface area contributed by atoms with Gasteiger partial charge in [-0.1, -0.05) is 196 Å². The Labute approximate surface area is 434 Å². The van der Waals surface area contributed by atoms with Crippen molar-refractivity contribution in [2.24, 2.45) is 0 Å². The second-order valence-electron chi connectivity index (χ2n) is 20.4. The Hall–Kier alpha value is -9.64. The Morgan fingerprint density at radius 3 is 1.36 bits per heavy atom. The molecule has 0 bridgehead atoms. The van der Waals surface area contributed by atoms with Crippen LogP contribution in [0.5, 0.6) is 0 Å². The Morgan fingerprint density at radius 1 is 0.307 bits per heavy atom. The zero-order valence-electron chi connectivity index (χ0n) is 41.5. The SMILES string of the molecule is CC1(C)c2cc3cc(N(c4ccccc4-c4ccccc4)c4cccc5c4oc4ccccc45)ccc3cc2-c2ccc3cc(N(c4ccccc4-c4ccccc4)c4cccc5c4oc4ccccc45)ccc3c21. The lowest BCUT2D eigenvalue weighted by molar-refractivity contribution is 0.667. The summed E-state index contributed by atoms with van der Waals surface area (Å²) in [4.78, 5) is 4.78. The molecule has 15 rings (SSSR count). The Kier molecular flexibility index (Phi) is 9.58. The monoisotopic (exact) mass is 960 g/mol. The van der Waals surface area contributed by atoms with Crippen LogP contribution in [0.3, 0.4) is 0 Å². The first-order valence-electron chi connectivity index (χ1n) is 25.8. The summed E-state index contributed by atoms with van der Waals surface area (Å²) >= 11 is 0. The number of hydrogen-bond acceptors (Lipinski definition) is 4. The molecule has 0 spiro atoms. The van der Waals surface area contributed by atoms with Crippen molar-refractivity contribution in [3.05, 3.63) is 266 Å². The van der Waals surface area contributed by atoms with Crippen molar-refractivity contribution >= 4 is 99.5 Å². The quantitative estimate of drug-likeness (QED) is 0.152. The first-order chi connectivity index (χ1) is 37.0. The summed E-state index contributed by atoms with van der Waals surface area (Å²) < 4.78 is 13.5. The Bertz CT molecular complexity index is 4580. The van der Waals surface area contributed by atoms with E-state index in [0.29, 0.717) is 0 Å². The van der Waals surface area contributed by atoms with E-state index in [-0.39, 0.29) is 5.41 Å².